The average molecular weight is 386 g/mol. The van der Waals surface area contributed by atoms with Crippen molar-refractivity contribution >= 4 is 17.3 Å². The van der Waals surface area contributed by atoms with Gasteiger partial charge >= 0.3 is 6.36 Å². The zero-order valence-electron chi connectivity index (χ0n) is 14.6. The molecule has 0 aliphatic heterocycles. The van der Waals surface area contributed by atoms with Gasteiger partial charge in [-0.1, -0.05) is 25.1 Å². The lowest BCUT2D eigenvalue weighted by Crippen LogP contribution is -2.36. The van der Waals surface area contributed by atoms with Gasteiger partial charge in [-0.15, -0.1) is 24.5 Å². The number of rotatable bonds is 7. The van der Waals surface area contributed by atoms with Crippen molar-refractivity contribution in [3.8, 4) is 5.75 Å². The van der Waals surface area contributed by atoms with E-state index in [0.29, 0.717) is 24.6 Å². The van der Waals surface area contributed by atoms with Crippen LogP contribution >= 0.6 is 11.3 Å². The number of aliphatic imine (C=N–C) groups is 1. The second kappa shape index (κ2) is 9.42. The van der Waals surface area contributed by atoms with E-state index in [1.54, 1.807) is 23.5 Å². The second-order valence-corrected chi connectivity index (χ2v) is 6.48. The Labute approximate surface area is 154 Å². The summed E-state index contributed by atoms with van der Waals surface area (Å²) >= 11 is 1.61. The molecule has 5 nitrogen and oxygen atoms in total. The first-order chi connectivity index (χ1) is 12.4. The van der Waals surface area contributed by atoms with Crippen molar-refractivity contribution in [1.29, 1.82) is 0 Å². The molecule has 0 aliphatic rings. The zero-order chi connectivity index (χ0) is 19.0. The summed E-state index contributed by atoms with van der Waals surface area (Å²) in [6.45, 7) is 5.16. The molecule has 1 aromatic heterocycles. The van der Waals surface area contributed by atoms with Crippen molar-refractivity contribution < 1.29 is 17.9 Å². The Morgan fingerprint density at radius 3 is 2.65 bits per heavy atom. The third-order valence-corrected chi connectivity index (χ3v) is 4.45. The van der Waals surface area contributed by atoms with E-state index in [1.807, 2.05) is 13.1 Å². The Kier molecular flexibility index (Phi) is 7.26. The van der Waals surface area contributed by atoms with Gasteiger partial charge in [-0.25, -0.2) is 9.98 Å². The molecule has 9 heteroatoms. The quantitative estimate of drug-likeness (QED) is 0.560. The number of hydrogen-bond donors (Lipinski definition) is 2. The van der Waals surface area contributed by atoms with E-state index in [9.17, 15) is 13.2 Å². The van der Waals surface area contributed by atoms with Gasteiger partial charge in [0.15, 0.2) is 5.96 Å². The van der Waals surface area contributed by atoms with E-state index in [2.05, 4.69) is 32.3 Å². The number of alkyl halides is 3. The van der Waals surface area contributed by atoms with E-state index < -0.39 is 6.36 Å². The van der Waals surface area contributed by atoms with Crippen LogP contribution in [0.1, 0.15) is 29.3 Å². The summed E-state index contributed by atoms with van der Waals surface area (Å²) < 4.78 is 41.5. The summed E-state index contributed by atoms with van der Waals surface area (Å²) in [6, 6.07) is 5.98. The SMILES string of the molecule is CCNC(=NCc1ccccc1OC(F)(F)F)NCc1ncc(CC)s1. The molecule has 142 valence electrons. The first kappa shape index (κ1) is 20.0. The molecule has 0 atom stereocenters. The summed E-state index contributed by atoms with van der Waals surface area (Å²) in [5.74, 6) is 0.259. The molecule has 0 unspecified atom stereocenters. The lowest BCUT2D eigenvalue weighted by molar-refractivity contribution is -0.274. The number of benzene rings is 1. The zero-order valence-corrected chi connectivity index (χ0v) is 15.4. The fraction of sp³-hybridized carbons (Fsp3) is 0.412. The van der Waals surface area contributed by atoms with Crippen molar-refractivity contribution in [2.75, 3.05) is 6.54 Å². The van der Waals surface area contributed by atoms with Crippen LogP contribution < -0.4 is 15.4 Å². The number of aromatic nitrogens is 1. The smallest absolute Gasteiger partial charge is 0.405 e. The predicted molar refractivity (Wildman–Crippen MR) is 96.3 cm³/mol. The first-order valence-electron chi connectivity index (χ1n) is 8.20. The van der Waals surface area contributed by atoms with Gasteiger partial charge in [0, 0.05) is 23.2 Å². The number of ether oxygens (including phenoxy) is 1. The Morgan fingerprint density at radius 1 is 1.23 bits per heavy atom. The molecule has 2 N–H and O–H groups in total. The highest BCUT2D eigenvalue weighted by Gasteiger charge is 2.31. The van der Waals surface area contributed by atoms with Crippen LogP contribution in [0.25, 0.3) is 0 Å². The number of nitrogens with zero attached hydrogens (tertiary/aromatic N) is 2. The number of hydrogen-bond acceptors (Lipinski definition) is 4. The lowest BCUT2D eigenvalue weighted by Gasteiger charge is -2.13. The Balaban J connectivity index is 2.04. The van der Waals surface area contributed by atoms with Crippen molar-refractivity contribution in [3.05, 3.63) is 45.9 Å². The highest BCUT2D eigenvalue weighted by atomic mass is 32.1. The Bertz CT molecular complexity index is 731. The molecule has 0 saturated carbocycles. The van der Waals surface area contributed by atoms with Gasteiger partial charge in [-0.2, -0.15) is 0 Å². The van der Waals surface area contributed by atoms with E-state index in [0.717, 1.165) is 11.4 Å². The van der Waals surface area contributed by atoms with E-state index in [-0.39, 0.29) is 12.3 Å². The van der Waals surface area contributed by atoms with Crippen LogP contribution in [0.5, 0.6) is 5.75 Å². The van der Waals surface area contributed by atoms with Crippen molar-refractivity contribution in [2.45, 2.75) is 39.7 Å². The summed E-state index contributed by atoms with van der Waals surface area (Å²) in [5.41, 5.74) is 0.351. The first-order valence-corrected chi connectivity index (χ1v) is 9.02. The van der Waals surface area contributed by atoms with Crippen LogP contribution in [0.2, 0.25) is 0 Å². The highest BCUT2D eigenvalue weighted by molar-refractivity contribution is 7.11. The van der Waals surface area contributed by atoms with Crippen LogP contribution in [0.4, 0.5) is 13.2 Å². The minimum Gasteiger partial charge on any atom is -0.405 e. The molecule has 0 aliphatic carbocycles. The lowest BCUT2D eigenvalue weighted by atomic mass is 10.2. The molecule has 0 fully saturated rings. The van der Waals surface area contributed by atoms with Gasteiger partial charge in [0.05, 0.1) is 13.1 Å². The second-order valence-electron chi connectivity index (χ2n) is 5.28. The number of thiazole rings is 1. The molecule has 1 heterocycles. The average Bonchev–Trinajstić information content (AvgIpc) is 3.05. The third kappa shape index (κ3) is 6.55. The van der Waals surface area contributed by atoms with Gasteiger partial charge in [0.25, 0.3) is 0 Å². The largest absolute Gasteiger partial charge is 0.573 e. The number of guanidine groups is 1. The monoisotopic (exact) mass is 386 g/mol. The number of para-hydroxylation sites is 1. The summed E-state index contributed by atoms with van der Waals surface area (Å²) in [6.07, 6.45) is -1.96. The van der Waals surface area contributed by atoms with Gasteiger partial charge < -0.3 is 15.4 Å². The molecule has 1 aromatic carbocycles. The van der Waals surface area contributed by atoms with Crippen molar-refractivity contribution in [3.63, 3.8) is 0 Å². The van der Waals surface area contributed by atoms with E-state index in [4.69, 9.17) is 0 Å². The fourth-order valence-corrected chi connectivity index (χ4v) is 2.92. The van der Waals surface area contributed by atoms with E-state index >= 15 is 0 Å². The molecule has 0 bridgehead atoms. The van der Waals surface area contributed by atoms with Crippen LogP contribution in [-0.4, -0.2) is 23.9 Å². The Hall–Kier alpha value is -2.29. The Morgan fingerprint density at radius 2 is 2.00 bits per heavy atom. The predicted octanol–water partition coefficient (Wildman–Crippen LogP) is 3.86. The number of nitrogens with one attached hydrogen (secondary N) is 2. The summed E-state index contributed by atoms with van der Waals surface area (Å²) in [5, 5.41) is 7.12. The fourth-order valence-electron chi connectivity index (χ4n) is 2.12. The molecule has 2 aromatic rings. The highest BCUT2D eigenvalue weighted by Crippen LogP contribution is 2.26. The molecule has 0 amide bonds. The van der Waals surface area contributed by atoms with Gasteiger partial charge in [0.2, 0.25) is 0 Å². The van der Waals surface area contributed by atoms with E-state index in [1.165, 1.54) is 17.0 Å². The summed E-state index contributed by atoms with van der Waals surface area (Å²) in [7, 11) is 0. The minimum absolute atomic E-state index is 0.0552. The van der Waals surface area contributed by atoms with Gasteiger partial charge in [0.1, 0.15) is 10.8 Å². The molecule has 2 rings (SSSR count). The minimum atomic E-state index is -4.73. The van der Waals surface area contributed by atoms with Crippen molar-refractivity contribution in [2.24, 2.45) is 4.99 Å². The van der Waals surface area contributed by atoms with Gasteiger partial charge in [-0.3, -0.25) is 0 Å². The normalized spacial score (nSPS) is 12.1. The molecule has 0 saturated heterocycles. The molecule has 0 spiro atoms. The summed E-state index contributed by atoms with van der Waals surface area (Å²) in [4.78, 5) is 9.86. The maximum absolute atomic E-state index is 12.5. The molecular weight excluding hydrogens is 365 g/mol. The number of halogens is 3. The van der Waals surface area contributed by atoms with Crippen LogP contribution in [-0.2, 0) is 19.5 Å². The van der Waals surface area contributed by atoms with Crippen molar-refractivity contribution in [1.82, 2.24) is 15.6 Å². The molecular formula is C17H21F3N4OS. The molecule has 0 radical (unpaired) electrons. The topological polar surface area (TPSA) is 58.5 Å². The van der Waals surface area contributed by atoms with Gasteiger partial charge in [-0.05, 0) is 19.4 Å². The standard InChI is InChI=1S/C17H21F3N4OS/c1-3-13-10-22-15(26-13)11-24-16(21-4-2)23-9-12-7-5-6-8-14(12)25-17(18,19)20/h5-8,10H,3-4,9,11H2,1-2H3,(H2,21,23,24). The number of aryl methyl sites for hydroxylation is 1. The van der Waals surface area contributed by atoms with Crippen LogP contribution in [0.3, 0.4) is 0 Å². The van der Waals surface area contributed by atoms with Crippen LogP contribution in [0.15, 0.2) is 35.5 Å². The third-order valence-electron chi connectivity index (χ3n) is 3.31. The molecule has 26 heavy (non-hydrogen) atoms. The maximum atomic E-state index is 12.5. The van der Waals surface area contributed by atoms with Crippen LogP contribution in [0, 0.1) is 0 Å². The maximum Gasteiger partial charge on any atom is 0.573 e.